The molecule has 2 aromatic rings. The zero-order chi connectivity index (χ0) is 19.5. The largest absolute Gasteiger partial charge is 0.338 e. The van der Waals surface area contributed by atoms with Gasteiger partial charge in [-0.3, -0.25) is 14.1 Å². The Morgan fingerprint density at radius 1 is 1.11 bits per heavy atom. The molecule has 148 valence electrons. The molecule has 4 rings (SSSR count). The predicted octanol–water partition coefficient (Wildman–Crippen LogP) is 3.22. The standard InChI is InChI=1S/C19H23ClN6OS/c1-23-16-5-4-15(20)14-17(16)28-26(19(23)27)9-3-8-24-10-12-25(13-11-24)18-21-6-2-7-22-18/h2,4-7,14H,3,8-13H2,1H3. The number of anilines is 2. The van der Waals surface area contributed by atoms with Crippen molar-refractivity contribution in [3.8, 4) is 0 Å². The third-order valence-electron chi connectivity index (χ3n) is 5.03. The van der Waals surface area contributed by atoms with E-state index >= 15 is 0 Å². The Balaban J connectivity index is 1.26. The number of urea groups is 1. The first kappa shape index (κ1) is 19.3. The van der Waals surface area contributed by atoms with Gasteiger partial charge >= 0.3 is 6.03 Å². The van der Waals surface area contributed by atoms with Gasteiger partial charge in [0.15, 0.2) is 0 Å². The normalized spacial score (nSPS) is 17.8. The van der Waals surface area contributed by atoms with E-state index in [1.54, 1.807) is 17.3 Å². The van der Waals surface area contributed by atoms with Crippen molar-refractivity contribution < 1.29 is 4.79 Å². The van der Waals surface area contributed by atoms with Gasteiger partial charge in [-0.15, -0.1) is 0 Å². The van der Waals surface area contributed by atoms with Crippen LogP contribution in [0.1, 0.15) is 6.42 Å². The number of hydrogen-bond donors (Lipinski definition) is 0. The number of nitrogens with zero attached hydrogens (tertiary/aromatic N) is 6. The molecule has 28 heavy (non-hydrogen) atoms. The quantitative estimate of drug-likeness (QED) is 0.695. The number of carbonyl (C=O) groups is 1. The predicted molar refractivity (Wildman–Crippen MR) is 113 cm³/mol. The van der Waals surface area contributed by atoms with Gasteiger partial charge in [0.05, 0.1) is 10.6 Å². The summed E-state index contributed by atoms with van der Waals surface area (Å²) in [6.45, 7) is 5.50. The van der Waals surface area contributed by atoms with Gasteiger partial charge in [-0.05, 0) is 42.6 Å². The highest BCUT2D eigenvalue weighted by Gasteiger charge is 2.29. The molecule has 9 heteroatoms. The minimum absolute atomic E-state index is 0.0193. The maximum absolute atomic E-state index is 12.6. The molecule has 7 nitrogen and oxygen atoms in total. The fraction of sp³-hybridized carbons (Fsp3) is 0.421. The summed E-state index contributed by atoms with van der Waals surface area (Å²) in [7, 11) is 1.81. The van der Waals surface area contributed by atoms with Crippen LogP contribution in [0.4, 0.5) is 16.4 Å². The van der Waals surface area contributed by atoms with Crippen LogP contribution < -0.4 is 9.80 Å². The lowest BCUT2D eigenvalue weighted by molar-refractivity contribution is 0.224. The first-order valence-electron chi connectivity index (χ1n) is 9.39. The van der Waals surface area contributed by atoms with Gasteiger partial charge in [-0.2, -0.15) is 0 Å². The van der Waals surface area contributed by atoms with Crippen LogP contribution in [0.25, 0.3) is 0 Å². The van der Waals surface area contributed by atoms with E-state index in [1.165, 1.54) is 11.9 Å². The summed E-state index contributed by atoms with van der Waals surface area (Å²) >= 11 is 7.60. The van der Waals surface area contributed by atoms with Crippen molar-refractivity contribution in [3.05, 3.63) is 41.7 Å². The summed E-state index contributed by atoms with van der Waals surface area (Å²) in [5, 5.41) is 0.689. The van der Waals surface area contributed by atoms with Crippen molar-refractivity contribution >= 4 is 41.2 Å². The van der Waals surface area contributed by atoms with Crippen molar-refractivity contribution in [2.24, 2.45) is 0 Å². The van der Waals surface area contributed by atoms with Gasteiger partial charge in [-0.1, -0.05) is 11.6 Å². The molecule has 1 aromatic carbocycles. The van der Waals surface area contributed by atoms with Crippen LogP contribution in [-0.2, 0) is 0 Å². The summed E-state index contributed by atoms with van der Waals surface area (Å²) in [5.41, 5.74) is 0.912. The van der Waals surface area contributed by atoms with E-state index in [1.807, 2.05) is 35.6 Å². The Morgan fingerprint density at radius 3 is 2.61 bits per heavy atom. The van der Waals surface area contributed by atoms with Gasteiger partial charge < -0.3 is 4.90 Å². The fourth-order valence-corrected chi connectivity index (χ4v) is 4.84. The summed E-state index contributed by atoms with van der Waals surface area (Å²) in [5.74, 6) is 0.804. The molecular weight excluding hydrogens is 396 g/mol. The second-order valence-electron chi connectivity index (χ2n) is 6.88. The molecule has 1 fully saturated rings. The van der Waals surface area contributed by atoms with Crippen molar-refractivity contribution in [1.82, 2.24) is 19.2 Å². The molecule has 2 aliphatic heterocycles. The Morgan fingerprint density at radius 2 is 1.86 bits per heavy atom. The highest BCUT2D eigenvalue weighted by Crippen LogP contribution is 2.39. The molecule has 0 radical (unpaired) electrons. The molecule has 3 heterocycles. The van der Waals surface area contributed by atoms with E-state index in [0.717, 1.165) is 55.7 Å². The zero-order valence-corrected chi connectivity index (χ0v) is 17.4. The van der Waals surface area contributed by atoms with E-state index in [2.05, 4.69) is 19.8 Å². The smallest absolute Gasteiger partial charge is 0.334 e. The zero-order valence-electron chi connectivity index (χ0n) is 15.8. The minimum atomic E-state index is 0.0193. The maximum atomic E-state index is 12.6. The highest BCUT2D eigenvalue weighted by molar-refractivity contribution is 7.97. The highest BCUT2D eigenvalue weighted by atomic mass is 35.5. The van der Waals surface area contributed by atoms with E-state index in [0.29, 0.717) is 11.6 Å². The second kappa shape index (κ2) is 8.55. The Kier molecular flexibility index (Phi) is 5.89. The van der Waals surface area contributed by atoms with Crippen LogP contribution in [0, 0.1) is 0 Å². The summed E-state index contributed by atoms with van der Waals surface area (Å²) in [6.07, 6.45) is 4.50. The lowest BCUT2D eigenvalue weighted by Gasteiger charge is -2.36. The van der Waals surface area contributed by atoms with Crippen molar-refractivity contribution in [3.63, 3.8) is 0 Å². The average molecular weight is 419 g/mol. The van der Waals surface area contributed by atoms with Gasteiger partial charge in [0.2, 0.25) is 5.95 Å². The number of halogens is 1. The van der Waals surface area contributed by atoms with Gasteiger partial charge in [0.25, 0.3) is 0 Å². The molecule has 0 atom stereocenters. The molecule has 0 N–H and O–H groups in total. The molecule has 2 aliphatic rings. The third-order valence-corrected chi connectivity index (χ3v) is 6.35. The van der Waals surface area contributed by atoms with Gasteiger partial charge in [0.1, 0.15) is 0 Å². The Hall–Kier alpha value is -2.03. The minimum Gasteiger partial charge on any atom is -0.338 e. The fourth-order valence-electron chi connectivity index (χ4n) is 3.47. The van der Waals surface area contributed by atoms with E-state index < -0.39 is 0 Å². The number of amides is 2. The van der Waals surface area contributed by atoms with E-state index in [4.69, 9.17) is 11.6 Å². The monoisotopic (exact) mass is 418 g/mol. The molecule has 0 saturated carbocycles. The molecule has 2 amide bonds. The SMILES string of the molecule is CN1C(=O)N(CCCN2CCN(c3ncccn3)CC2)Sc2cc(Cl)ccc21. The Labute approximate surface area is 174 Å². The first-order chi connectivity index (χ1) is 13.6. The molecule has 0 bridgehead atoms. The number of hydrogen-bond acceptors (Lipinski definition) is 6. The molecule has 0 unspecified atom stereocenters. The second-order valence-corrected chi connectivity index (χ2v) is 8.38. The van der Waals surface area contributed by atoms with Crippen molar-refractivity contribution in [1.29, 1.82) is 0 Å². The third kappa shape index (κ3) is 4.19. The van der Waals surface area contributed by atoms with Crippen LogP contribution >= 0.6 is 23.5 Å². The number of rotatable bonds is 5. The van der Waals surface area contributed by atoms with Gasteiger partial charge in [0, 0.05) is 63.7 Å². The van der Waals surface area contributed by atoms with Crippen molar-refractivity contribution in [2.45, 2.75) is 11.3 Å². The first-order valence-corrected chi connectivity index (χ1v) is 10.5. The average Bonchev–Trinajstić information content (AvgIpc) is 2.72. The van der Waals surface area contributed by atoms with Crippen molar-refractivity contribution in [2.75, 3.05) is 56.1 Å². The number of benzene rings is 1. The maximum Gasteiger partial charge on any atom is 0.334 e. The summed E-state index contributed by atoms with van der Waals surface area (Å²) in [6, 6.07) is 7.49. The molecule has 1 saturated heterocycles. The van der Waals surface area contributed by atoms with Gasteiger partial charge in [-0.25, -0.2) is 14.8 Å². The summed E-state index contributed by atoms with van der Waals surface area (Å²) in [4.78, 5) is 28.6. The number of aromatic nitrogens is 2. The molecule has 0 spiro atoms. The van der Waals surface area contributed by atoms with Crippen LogP contribution in [0.3, 0.4) is 0 Å². The van der Waals surface area contributed by atoms with E-state index in [9.17, 15) is 4.79 Å². The topological polar surface area (TPSA) is 55.8 Å². The lowest BCUT2D eigenvalue weighted by Crippen LogP contribution is -2.48. The number of fused-ring (bicyclic) bond motifs is 1. The van der Waals surface area contributed by atoms with E-state index in [-0.39, 0.29) is 6.03 Å². The number of piperazine rings is 1. The lowest BCUT2D eigenvalue weighted by atomic mass is 10.3. The molecule has 1 aromatic heterocycles. The molecule has 0 aliphatic carbocycles. The molecular formula is C19H23ClN6OS. The van der Waals surface area contributed by atoms with Crippen LogP contribution in [0.5, 0.6) is 0 Å². The van der Waals surface area contributed by atoms with Crippen LogP contribution in [0.15, 0.2) is 41.6 Å². The van der Waals surface area contributed by atoms with Crippen LogP contribution in [0.2, 0.25) is 5.02 Å². The number of carbonyl (C=O) groups excluding carboxylic acids is 1. The van der Waals surface area contributed by atoms with Crippen LogP contribution in [-0.4, -0.2) is 71.5 Å². The summed E-state index contributed by atoms with van der Waals surface area (Å²) < 4.78 is 1.83. The Bertz CT molecular complexity index is 830.